The smallest absolute Gasteiger partial charge is 0.0234 e. The third kappa shape index (κ3) is 4.44. The van der Waals surface area contributed by atoms with E-state index < -0.39 is 0 Å². The van der Waals surface area contributed by atoms with Crippen LogP contribution in [0.15, 0.2) is 36.4 Å². The topological polar surface area (TPSA) is 6.48 Å². The molecule has 2 heteroatoms. The van der Waals surface area contributed by atoms with E-state index in [-0.39, 0.29) is 0 Å². The molecule has 0 aromatic heterocycles. The second-order valence-corrected chi connectivity index (χ2v) is 9.41. The summed E-state index contributed by atoms with van der Waals surface area (Å²) in [6.07, 6.45) is 2.72. The Morgan fingerprint density at radius 2 is 1.00 bits per heavy atom. The van der Waals surface area contributed by atoms with Crippen LogP contribution in [0.4, 0.5) is 0 Å². The highest BCUT2D eigenvalue weighted by atomic mass is 15.2. The van der Waals surface area contributed by atoms with E-state index in [9.17, 15) is 0 Å². The second kappa shape index (κ2) is 7.41. The van der Waals surface area contributed by atoms with Gasteiger partial charge in [-0.05, 0) is 70.2 Å². The van der Waals surface area contributed by atoms with E-state index in [0.717, 1.165) is 13.1 Å². The first-order valence-corrected chi connectivity index (χ1v) is 10.5. The SMILES string of the molecule is Cc1cc(C)cc(CN2CCC3(CCN(Cc4cc(C)cc(C)c4)C3)C2)c1. The third-order valence-corrected chi connectivity index (χ3v) is 6.41. The summed E-state index contributed by atoms with van der Waals surface area (Å²) in [4.78, 5) is 5.38. The van der Waals surface area contributed by atoms with Crippen molar-refractivity contribution >= 4 is 0 Å². The Morgan fingerprint density at radius 1 is 0.630 bits per heavy atom. The lowest BCUT2D eigenvalue weighted by Gasteiger charge is -2.25. The van der Waals surface area contributed by atoms with Crippen LogP contribution in [0.2, 0.25) is 0 Å². The van der Waals surface area contributed by atoms with Crippen LogP contribution in [0.1, 0.15) is 46.2 Å². The predicted octanol–water partition coefficient (Wildman–Crippen LogP) is 5.02. The van der Waals surface area contributed by atoms with Crippen molar-refractivity contribution in [1.29, 1.82) is 0 Å². The molecule has 0 atom stereocenters. The molecule has 2 aromatic carbocycles. The summed E-state index contributed by atoms with van der Waals surface area (Å²) >= 11 is 0. The normalized spacial score (nSPS) is 20.0. The predicted molar refractivity (Wildman–Crippen MR) is 114 cm³/mol. The molecule has 2 heterocycles. The first-order valence-electron chi connectivity index (χ1n) is 10.5. The Labute approximate surface area is 165 Å². The number of benzene rings is 2. The molecule has 1 spiro atoms. The molecule has 0 saturated carbocycles. The molecule has 0 amide bonds. The fraction of sp³-hybridized carbons (Fsp3) is 0.520. The van der Waals surface area contributed by atoms with E-state index in [0.29, 0.717) is 5.41 Å². The average molecular weight is 363 g/mol. The van der Waals surface area contributed by atoms with Crippen LogP contribution in [-0.2, 0) is 13.1 Å². The van der Waals surface area contributed by atoms with Crippen molar-refractivity contribution in [2.45, 2.75) is 53.6 Å². The highest BCUT2D eigenvalue weighted by Crippen LogP contribution is 2.40. The Kier molecular flexibility index (Phi) is 5.13. The van der Waals surface area contributed by atoms with Crippen LogP contribution in [-0.4, -0.2) is 36.0 Å². The quantitative estimate of drug-likeness (QED) is 0.754. The average Bonchev–Trinajstić information content (AvgIpc) is 3.12. The van der Waals surface area contributed by atoms with Gasteiger partial charge in [0, 0.05) is 26.2 Å². The first-order chi connectivity index (χ1) is 12.9. The van der Waals surface area contributed by atoms with Crippen molar-refractivity contribution in [3.63, 3.8) is 0 Å². The molecule has 4 rings (SSSR count). The van der Waals surface area contributed by atoms with E-state index >= 15 is 0 Å². The molecule has 0 aliphatic carbocycles. The van der Waals surface area contributed by atoms with Crippen molar-refractivity contribution < 1.29 is 0 Å². The van der Waals surface area contributed by atoms with Gasteiger partial charge in [0.25, 0.3) is 0 Å². The fourth-order valence-electron chi connectivity index (χ4n) is 5.50. The minimum atomic E-state index is 0.526. The molecule has 27 heavy (non-hydrogen) atoms. The molecule has 2 nitrogen and oxygen atoms in total. The summed E-state index contributed by atoms with van der Waals surface area (Å²) in [6.45, 7) is 16.1. The van der Waals surface area contributed by atoms with Gasteiger partial charge in [-0.1, -0.05) is 58.7 Å². The molecule has 2 fully saturated rings. The molecular weight excluding hydrogens is 328 g/mol. The summed E-state index contributed by atoms with van der Waals surface area (Å²) < 4.78 is 0. The van der Waals surface area contributed by atoms with Gasteiger partial charge in [0.1, 0.15) is 0 Å². The lowest BCUT2D eigenvalue weighted by molar-refractivity contribution is 0.234. The van der Waals surface area contributed by atoms with E-state index in [1.54, 1.807) is 0 Å². The van der Waals surface area contributed by atoms with Gasteiger partial charge in [0.2, 0.25) is 0 Å². The lowest BCUT2D eigenvalue weighted by Crippen LogP contribution is -2.30. The molecule has 2 saturated heterocycles. The van der Waals surface area contributed by atoms with E-state index in [1.165, 1.54) is 72.4 Å². The lowest BCUT2D eigenvalue weighted by atomic mass is 9.86. The van der Waals surface area contributed by atoms with Crippen LogP contribution in [0, 0.1) is 33.1 Å². The molecule has 2 aliphatic rings. The zero-order valence-corrected chi connectivity index (χ0v) is 17.5. The van der Waals surface area contributed by atoms with Gasteiger partial charge in [-0.2, -0.15) is 0 Å². The van der Waals surface area contributed by atoms with Crippen molar-refractivity contribution in [3.8, 4) is 0 Å². The number of likely N-dealkylation sites (tertiary alicyclic amines) is 2. The van der Waals surface area contributed by atoms with Gasteiger partial charge in [0.15, 0.2) is 0 Å². The van der Waals surface area contributed by atoms with Crippen molar-refractivity contribution in [2.75, 3.05) is 26.2 Å². The fourth-order valence-corrected chi connectivity index (χ4v) is 5.50. The minimum Gasteiger partial charge on any atom is -0.298 e. The summed E-state index contributed by atoms with van der Waals surface area (Å²) in [7, 11) is 0. The molecular formula is C25H34N2. The number of aryl methyl sites for hydroxylation is 4. The van der Waals surface area contributed by atoms with Crippen molar-refractivity contribution in [1.82, 2.24) is 9.80 Å². The van der Waals surface area contributed by atoms with E-state index in [2.05, 4.69) is 73.9 Å². The Balaban J connectivity index is 1.36. The molecule has 2 aromatic rings. The molecule has 2 aliphatic heterocycles. The third-order valence-electron chi connectivity index (χ3n) is 6.41. The number of hydrogen-bond acceptors (Lipinski definition) is 2. The zero-order chi connectivity index (χ0) is 19.0. The number of nitrogens with zero attached hydrogens (tertiary/aromatic N) is 2. The second-order valence-electron chi connectivity index (χ2n) is 9.41. The van der Waals surface area contributed by atoms with Crippen LogP contribution < -0.4 is 0 Å². The van der Waals surface area contributed by atoms with Crippen molar-refractivity contribution in [3.05, 3.63) is 69.8 Å². The molecule has 0 unspecified atom stereocenters. The van der Waals surface area contributed by atoms with Gasteiger partial charge < -0.3 is 0 Å². The van der Waals surface area contributed by atoms with E-state index in [1.807, 2.05) is 0 Å². The summed E-state index contributed by atoms with van der Waals surface area (Å²) in [5, 5.41) is 0. The maximum Gasteiger partial charge on any atom is 0.0234 e. The van der Waals surface area contributed by atoms with Gasteiger partial charge in [0.05, 0.1) is 0 Å². The monoisotopic (exact) mass is 362 g/mol. The van der Waals surface area contributed by atoms with Gasteiger partial charge in [-0.25, -0.2) is 0 Å². The summed E-state index contributed by atoms with van der Waals surface area (Å²) in [6, 6.07) is 14.0. The standard InChI is InChI=1S/C25H34N2/c1-19-9-20(2)12-23(11-19)15-26-7-5-25(17-26)6-8-27(18-25)16-24-13-21(3)10-22(4)14-24/h9-14H,5-8,15-18H2,1-4H3. The maximum atomic E-state index is 2.69. The number of hydrogen-bond donors (Lipinski definition) is 0. The Bertz CT molecular complexity index is 713. The van der Waals surface area contributed by atoms with Gasteiger partial charge in [-0.15, -0.1) is 0 Å². The Morgan fingerprint density at radius 3 is 1.37 bits per heavy atom. The highest BCUT2D eigenvalue weighted by Gasteiger charge is 2.43. The van der Waals surface area contributed by atoms with Crippen LogP contribution in [0.3, 0.4) is 0 Å². The highest BCUT2D eigenvalue weighted by molar-refractivity contribution is 5.29. The zero-order valence-electron chi connectivity index (χ0n) is 17.5. The number of rotatable bonds is 4. The van der Waals surface area contributed by atoms with Gasteiger partial charge in [-0.3, -0.25) is 9.80 Å². The van der Waals surface area contributed by atoms with Crippen molar-refractivity contribution in [2.24, 2.45) is 5.41 Å². The first kappa shape index (κ1) is 18.7. The molecule has 0 N–H and O–H groups in total. The van der Waals surface area contributed by atoms with Crippen LogP contribution in [0.25, 0.3) is 0 Å². The van der Waals surface area contributed by atoms with E-state index in [4.69, 9.17) is 0 Å². The molecule has 0 bridgehead atoms. The largest absolute Gasteiger partial charge is 0.298 e. The maximum absolute atomic E-state index is 2.69. The van der Waals surface area contributed by atoms with Crippen LogP contribution >= 0.6 is 0 Å². The summed E-state index contributed by atoms with van der Waals surface area (Å²) in [5.74, 6) is 0. The molecule has 0 radical (unpaired) electrons. The minimum absolute atomic E-state index is 0.526. The Hall–Kier alpha value is -1.64. The van der Waals surface area contributed by atoms with Crippen LogP contribution in [0.5, 0.6) is 0 Å². The van der Waals surface area contributed by atoms with Gasteiger partial charge >= 0.3 is 0 Å². The molecule has 144 valence electrons. The summed E-state index contributed by atoms with van der Waals surface area (Å²) in [5.41, 5.74) is 9.04.